The molecule has 2 heterocycles. The zero-order valence-corrected chi connectivity index (χ0v) is 23.4. The van der Waals surface area contributed by atoms with Crippen LogP contribution in [0.1, 0.15) is 37.0 Å². The number of rotatable bonds is 7. The zero-order valence-electron chi connectivity index (χ0n) is 22.6. The van der Waals surface area contributed by atoms with E-state index in [2.05, 4.69) is 26.0 Å². The molecule has 0 fully saturated rings. The van der Waals surface area contributed by atoms with E-state index in [9.17, 15) is 22.4 Å². The monoisotopic (exact) mass is 581 g/mol. The molecule has 0 aliphatic heterocycles. The second-order valence-electron chi connectivity index (χ2n) is 9.89. The van der Waals surface area contributed by atoms with Crippen molar-refractivity contribution in [1.29, 1.82) is 0 Å². The number of nitrogens with one attached hydrogen (secondary N) is 3. The molecule has 5 N–H and O–H groups in total. The minimum atomic E-state index is -3.89. The summed E-state index contributed by atoms with van der Waals surface area (Å²) in [5.74, 6) is -0.486. The first kappa shape index (κ1) is 29.2. The molecule has 4 aromatic rings. The quantitative estimate of drug-likeness (QED) is 0.254. The van der Waals surface area contributed by atoms with Crippen LogP contribution >= 0.6 is 0 Å². The van der Waals surface area contributed by atoms with E-state index in [1.54, 1.807) is 6.07 Å². The number of nitrogens with zero attached hydrogens (tertiary/aromatic N) is 3. The van der Waals surface area contributed by atoms with Gasteiger partial charge in [0.05, 0.1) is 22.0 Å². The Morgan fingerprint density at radius 2 is 1.66 bits per heavy atom. The van der Waals surface area contributed by atoms with Gasteiger partial charge in [-0.3, -0.25) is 15.1 Å². The van der Waals surface area contributed by atoms with Gasteiger partial charge in [-0.25, -0.2) is 27.4 Å². The minimum Gasteiger partial charge on any atom is -0.457 e. The first-order valence-corrected chi connectivity index (χ1v) is 13.8. The maximum Gasteiger partial charge on any atom is 0.324 e. The topological polar surface area (TPSA) is 170 Å². The third kappa shape index (κ3) is 7.04. The molecule has 0 atom stereocenters. The number of pyridine rings is 1. The average Bonchev–Trinajstić information content (AvgIpc) is 3.34. The molecule has 0 aliphatic rings. The smallest absolute Gasteiger partial charge is 0.324 e. The van der Waals surface area contributed by atoms with Crippen LogP contribution in [0.3, 0.4) is 0 Å². The van der Waals surface area contributed by atoms with E-state index in [4.69, 9.17) is 9.88 Å². The van der Waals surface area contributed by atoms with Gasteiger partial charge in [0.15, 0.2) is 0 Å². The van der Waals surface area contributed by atoms with Crippen molar-refractivity contribution >= 4 is 33.5 Å². The number of sulfonamides is 1. The van der Waals surface area contributed by atoms with Gasteiger partial charge in [-0.2, -0.15) is 5.10 Å². The van der Waals surface area contributed by atoms with Gasteiger partial charge >= 0.3 is 6.03 Å². The normalized spacial score (nSPS) is 11.6. The summed E-state index contributed by atoms with van der Waals surface area (Å²) in [5.41, 5.74) is 0.749. The highest BCUT2D eigenvalue weighted by molar-refractivity contribution is 7.89. The molecule has 3 amide bonds. The number of primary sulfonamides is 1. The molecule has 0 spiro atoms. The molecular formula is C27H28FN7O5S. The first-order chi connectivity index (χ1) is 19.2. The van der Waals surface area contributed by atoms with E-state index in [1.165, 1.54) is 66.5 Å². The highest BCUT2D eigenvalue weighted by Crippen LogP contribution is 2.28. The lowest BCUT2D eigenvalue weighted by atomic mass is 9.92. The Morgan fingerprint density at radius 1 is 0.976 bits per heavy atom. The molecule has 0 bridgehead atoms. The summed E-state index contributed by atoms with van der Waals surface area (Å²) in [6.07, 6.45) is 1.39. The number of benzene rings is 2. The van der Waals surface area contributed by atoms with Gasteiger partial charge in [0, 0.05) is 36.9 Å². The number of halogens is 1. The second kappa shape index (κ2) is 11.3. The fraction of sp³-hybridized carbons (Fsp3) is 0.185. The van der Waals surface area contributed by atoms with Crippen LogP contribution in [0.25, 0.3) is 5.69 Å². The van der Waals surface area contributed by atoms with Gasteiger partial charge in [-0.1, -0.05) is 20.8 Å². The van der Waals surface area contributed by atoms with Crippen molar-refractivity contribution in [3.8, 4) is 17.2 Å². The number of hydrogen-bond donors (Lipinski definition) is 4. The maximum atomic E-state index is 14.9. The van der Waals surface area contributed by atoms with Crippen molar-refractivity contribution < 1.29 is 27.1 Å². The third-order valence-corrected chi connectivity index (χ3v) is 6.67. The highest BCUT2D eigenvalue weighted by atomic mass is 32.2. The van der Waals surface area contributed by atoms with Crippen LogP contribution in [-0.4, -0.2) is 42.2 Å². The standard InChI is InChI=1S/C27H28FN7O5S/c1-27(2,3)23-15-24(35(34-23)16-5-8-19(9-6-16)41(29,38)39)33-26(37)32-21-10-7-17(13-20(21)28)40-18-11-12-31-22(14-18)25(36)30-4/h5-15H,1-4H3,(H,30,36)(H2,29,38,39)(H2,32,33,37). The van der Waals surface area contributed by atoms with E-state index in [0.29, 0.717) is 11.4 Å². The van der Waals surface area contributed by atoms with Gasteiger partial charge < -0.3 is 15.4 Å². The van der Waals surface area contributed by atoms with Crippen LogP contribution in [0.5, 0.6) is 11.5 Å². The Hall–Kier alpha value is -4.82. The number of amides is 3. The Labute approximate surface area is 235 Å². The summed E-state index contributed by atoms with van der Waals surface area (Å²) in [5, 5.41) is 17.3. The predicted molar refractivity (Wildman–Crippen MR) is 150 cm³/mol. The number of nitrogens with two attached hydrogens (primary N) is 1. The van der Waals surface area contributed by atoms with Crippen molar-refractivity contribution in [2.24, 2.45) is 5.14 Å². The van der Waals surface area contributed by atoms with Crippen molar-refractivity contribution in [3.63, 3.8) is 0 Å². The van der Waals surface area contributed by atoms with Crippen LogP contribution in [0.2, 0.25) is 0 Å². The zero-order chi connectivity index (χ0) is 29.9. The molecule has 14 heteroatoms. The van der Waals surface area contributed by atoms with Gasteiger partial charge in [-0.15, -0.1) is 0 Å². The van der Waals surface area contributed by atoms with Crippen molar-refractivity contribution in [2.75, 3.05) is 17.7 Å². The molecule has 0 radical (unpaired) electrons. The summed E-state index contributed by atoms with van der Waals surface area (Å²) < 4.78 is 45.2. The van der Waals surface area contributed by atoms with E-state index in [-0.39, 0.29) is 39.0 Å². The van der Waals surface area contributed by atoms with Crippen LogP contribution in [0, 0.1) is 5.82 Å². The summed E-state index contributed by atoms with van der Waals surface area (Å²) in [6, 6.07) is 13.4. The van der Waals surface area contributed by atoms with Crippen molar-refractivity contribution in [3.05, 3.63) is 84.1 Å². The molecule has 4 rings (SSSR count). The Morgan fingerprint density at radius 3 is 2.27 bits per heavy atom. The summed E-state index contributed by atoms with van der Waals surface area (Å²) in [4.78, 5) is 28.5. The number of hydrogen-bond acceptors (Lipinski definition) is 7. The Bertz CT molecular complexity index is 1710. The SMILES string of the molecule is CNC(=O)c1cc(Oc2ccc(NC(=O)Nc3cc(C(C)(C)C)nn3-c3ccc(S(N)(=O)=O)cc3)c(F)c2)ccn1. The number of carbonyl (C=O) groups excluding carboxylic acids is 2. The largest absolute Gasteiger partial charge is 0.457 e. The number of urea groups is 1. The van der Waals surface area contributed by atoms with Gasteiger partial charge in [0.2, 0.25) is 10.0 Å². The number of aromatic nitrogens is 3. The molecule has 0 saturated carbocycles. The van der Waals surface area contributed by atoms with Crippen LogP contribution in [0.15, 0.2) is 71.8 Å². The number of anilines is 2. The first-order valence-electron chi connectivity index (χ1n) is 12.2. The van der Waals surface area contributed by atoms with E-state index in [0.717, 1.165) is 6.07 Å². The summed E-state index contributed by atoms with van der Waals surface area (Å²) in [7, 11) is -2.42. The lowest BCUT2D eigenvalue weighted by Crippen LogP contribution is -2.22. The summed E-state index contributed by atoms with van der Waals surface area (Å²) in [6.45, 7) is 5.83. The predicted octanol–water partition coefficient (Wildman–Crippen LogP) is 4.15. The molecule has 2 aromatic heterocycles. The third-order valence-electron chi connectivity index (χ3n) is 5.74. The Kier molecular flexibility index (Phi) is 8.07. The number of ether oxygens (including phenoxy) is 1. The van der Waals surface area contributed by atoms with E-state index in [1.807, 2.05) is 20.8 Å². The molecule has 0 aliphatic carbocycles. The molecule has 2 aromatic carbocycles. The number of carbonyl (C=O) groups is 2. The van der Waals surface area contributed by atoms with E-state index < -0.39 is 27.8 Å². The Balaban J connectivity index is 1.52. The fourth-order valence-corrected chi connectivity index (χ4v) is 4.12. The van der Waals surface area contributed by atoms with Crippen LogP contribution < -0.4 is 25.8 Å². The molecule has 12 nitrogen and oxygen atoms in total. The van der Waals surface area contributed by atoms with Gasteiger partial charge in [0.25, 0.3) is 5.91 Å². The van der Waals surface area contributed by atoms with Crippen LogP contribution in [-0.2, 0) is 15.4 Å². The molecule has 214 valence electrons. The maximum absolute atomic E-state index is 14.9. The molecule has 41 heavy (non-hydrogen) atoms. The van der Waals surface area contributed by atoms with E-state index >= 15 is 0 Å². The van der Waals surface area contributed by atoms with Crippen LogP contribution in [0.4, 0.5) is 20.7 Å². The van der Waals surface area contributed by atoms with Gasteiger partial charge in [0.1, 0.15) is 28.8 Å². The fourth-order valence-electron chi connectivity index (χ4n) is 3.60. The van der Waals surface area contributed by atoms with Gasteiger partial charge in [-0.05, 0) is 42.5 Å². The second-order valence-corrected chi connectivity index (χ2v) is 11.5. The average molecular weight is 582 g/mol. The molecular weight excluding hydrogens is 553 g/mol. The molecule has 0 unspecified atom stereocenters. The minimum absolute atomic E-state index is 0.0737. The lowest BCUT2D eigenvalue weighted by molar-refractivity contribution is 0.0957. The lowest BCUT2D eigenvalue weighted by Gasteiger charge is -2.14. The van der Waals surface area contributed by atoms with Crippen molar-refractivity contribution in [2.45, 2.75) is 31.1 Å². The highest BCUT2D eigenvalue weighted by Gasteiger charge is 2.22. The summed E-state index contributed by atoms with van der Waals surface area (Å²) >= 11 is 0. The molecule has 0 saturated heterocycles. The van der Waals surface area contributed by atoms with Crippen molar-refractivity contribution in [1.82, 2.24) is 20.1 Å².